The second kappa shape index (κ2) is 10.7. The summed E-state index contributed by atoms with van der Waals surface area (Å²) in [5.41, 5.74) is 3.59. The number of benzene rings is 1. The lowest BCUT2D eigenvalue weighted by atomic mass is 10.0. The lowest BCUT2D eigenvalue weighted by Crippen LogP contribution is -2.37. The summed E-state index contributed by atoms with van der Waals surface area (Å²) in [6, 6.07) is 8.23. The molecular formula is C26H32N4O2S. The molecule has 1 aliphatic carbocycles. The SMILES string of the molecule is O=C(NC1=CCC(N2CCCC2)C=C1)c1ccc(-c2csc(CCN3CCOCC3)n2)cc1. The molecule has 0 saturated carbocycles. The van der Waals surface area contributed by atoms with Gasteiger partial charge in [-0.3, -0.25) is 14.6 Å². The van der Waals surface area contributed by atoms with Crippen molar-refractivity contribution in [3.63, 3.8) is 0 Å². The van der Waals surface area contributed by atoms with Crippen LogP contribution in [-0.4, -0.2) is 72.7 Å². The number of ether oxygens (including phenoxy) is 1. The number of allylic oxidation sites excluding steroid dienone is 1. The van der Waals surface area contributed by atoms with E-state index in [4.69, 9.17) is 9.72 Å². The van der Waals surface area contributed by atoms with Crippen LogP contribution in [0.5, 0.6) is 0 Å². The van der Waals surface area contributed by atoms with Gasteiger partial charge in [0.25, 0.3) is 5.91 Å². The third-order valence-corrected chi connectivity index (χ3v) is 7.59. The molecule has 7 heteroatoms. The number of morpholine rings is 1. The zero-order valence-electron chi connectivity index (χ0n) is 19.0. The summed E-state index contributed by atoms with van der Waals surface area (Å²) in [4.78, 5) is 22.5. The number of nitrogens with zero attached hydrogens (tertiary/aromatic N) is 3. The van der Waals surface area contributed by atoms with Gasteiger partial charge < -0.3 is 10.1 Å². The highest BCUT2D eigenvalue weighted by atomic mass is 32.1. The minimum atomic E-state index is -0.0680. The molecule has 0 radical (unpaired) electrons. The fraction of sp³-hybridized carbons (Fsp3) is 0.462. The summed E-state index contributed by atoms with van der Waals surface area (Å²) in [7, 11) is 0. The van der Waals surface area contributed by atoms with Gasteiger partial charge in [-0.2, -0.15) is 0 Å². The molecule has 2 saturated heterocycles. The van der Waals surface area contributed by atoms with Crippen molar-refractivity contribution in [2.75, 3.05) is 45.9 Å². The van der Waals surface area contributed by atoms with Crippen LogP contribution in [-0.2, 0) is 11.2 Å². The molecule has 1 unspecified atom stereocenters. The van der Waals surface area contributed by atoms with E-state index in [1.807, 2.05) is 30.3 Å². The predicted octanol–water partition coefficient (Wildman–Crippen LogP) is 3.72. The Morgan fingerprint density at radius 2 is 1.91 bits per heavy atom. The first kappa shape index (κ1) is 22.5. The largest absolute Gasteiger partial charge is 0.379 e. The van der Waals surface area contributed by atoms with Crippen molar-refractivity contribution in [1.29, 1.82) is 0 Å². The zero-order valence-corrected chi connectivity index (χ0v) is 19.9. The van der Waals surface area contributed by atoms with E-state index in [0.29, 0.717) is 11.6 Å². The van der Waals surface area contributed by atoms with E-state index in [0.717, 1.165) is 67.7 Å². The molecule has 2 aliphatic heterocycles. The minimum Gasteiger partial charge on any atom is -0.379 e. The third kappa shape index (κ3) is 5.79. The highest BCUT2D eigenvalue weighted by molar-refractivity contribution is 7.09. The summed E-state index contributed by atoms with van der Waals surface area (Å²) in [5, 5.41) is 6.31. The molecule has 0 spiro atoms. The van der Waals surface area contributed by atoms with Crippen LogP contribution < -0.4 is 5.32 Å². The van der Waals surface area contributed by atoms with E-state index in [1.54, 1.807) is 11.3 Å². The van der Waals surface area contributed by atoms with E-state index in [2.05, 4.69) is 32.6 Å². The van der Waals surface area contributed by atoms with Gasteiger partial charge in [-0.1, -0.05) is 24.3 Å². The number of hydrogen-bond donors (Lipinski definition) is 1. The van der Waals surface area contributed by atoms with Gasteiger partial charge in [-0.05, 0) is 50.6 Å². The monoisotopic (exact) mass is 464 g/mol. The maximum Gasteiger partial charge on any atom is 0.255 e. The number of thiazole rings is 1. The lowest BCUT2D eigenvalue weighted by Gasteiger charge is -2.26. The van der Waals surface area contributed by atoms with Crippen LogP contribution >= 0.6 is 11.3 Å². The van der Waals surface area contributed by atoms with E-state index in [1.165, 1.54) is 25.9 Å². The summed E-state index contributed by atoms with van der Waals surface area (Å²) in [6.45, 7) is 7.07. The van der Waals surface area contributed by atoms with Crippen molar-refractivity contribution >= 4 is 17.2 Å². The van der Waals surface area contributed by atoms with Crippen LogP contribution in [0.25, 0.3) is 11.3 Å². The molecule has 1 aromatic heterocycles. The minimum absolute atomic E-state index is 0.0680. The molecule has 1 aromatic carbocycles. The highest BCUT2D eigenvalue weighted by Crippen LogP contribution is 2.23. The topological polar surface area (TPSA) is 57.7 Å². The van der Waals surface area contributed by atoms with Crippen molar-refractivity contribution in [2.45, 2.75) is 31.7 Å². The fourth-order valence-corrected chi connectivity index (χ4v) is 5.47. The van der Waals surface area contributed by atoms with Crippen LogP contribution in [0.1, 0.15) is 34.6 Å². The smallest absolute Gasteiger partial charge is 0.255 e. The van der Waals surface area contributed by atoms with Gasteiger partial charge >= 0.3 is 0 Å². The molecule has 5 rings (SSSR count). The van der Waals surface area contributed by atoms with Crippen molar-refractivity contribution in [1.82, 2.24) is 20.1 Å². The molecule has 174 valence electrons. The molecule has 1 amide bonds. The second-order valence-corrected chi connectivity index (χ2v) is 9.87. The molecule has 3 aliphatic rings. The van der Waals surface area contributed by atoms with Crippen molar-refractivity contribution in [2.24, 2.45) is 0 Å². The summed E-state index contributed by atoms with van der Waals surface area (Å²) in [6.07, 6.45) is 10.9. The molecule has 0 bridgehead atoms. The summed E-state index contributed by atoms with van der Waals surface area (Å²) < 4.78 is 5.41. The fourth-order valence-electron chi connectivity index (χ4n) is 4.68. The molecule has 33 heavy (non-hydrogen) atoms. The predicted molar refractivity (Wildman–Crippen MR) is 132 cm³/mol. The maximum atomic E-state index is 12.7. The first-order chi connectivity index (χ1) is 16.2. The van der Waals surface area contributed by atoms with Crippen LogP contribution in [0.3, 0.4) is 0 Å². The van der Waals surface area contributed by atoms with Crippen LogP contribution in [0.4, 0.5) is 0 Å². The van der Waals surface area contributed by atoms with Gasteiger partial charge in [0.2, 0.25) is 0 Å². The number of carbonyl (C=O) groups is 1. The van der Waals surface area contributed by atoms with Crippen molar-refractivity contribution in [3.05, 3.63) is 64.1 Å². The Bertz CT molecular complexity index is 1000. The van der Waals surface area contributed by atoms with Crippen LogP contribution in [0, 0.1) is 0 Å². The van der Waals surface area contributed by atoms with E-state index in [9.17, 15) is 4.79 Å². The van der Waals surface area contributed by atoms with Crippen LogP contribution in [0.2, 0.25) is 0 Å². The first-order valence-electron chi connectivity index (χ1n) is 12.0. The molecule has 3 heterocycles. The molecule has 1 atom stereocenters. The number of nitrogens with one attached hydrogen (secondary N) is 1. The normalized spacial score (nSPS) is 21.8. The number of rotatable bonds is 7. The maximum absolute atomic E-state index is 12.7. The molecule has 1 N–H and O–H groups in total. The van der Waals surface area contributed by atoms with Gasteiger partial charge in [0.15, 0.2) is 0 Å². The highest BCUT2D eigenvalue weighted by Gasteiger charge is 2.21. The standard InChI is InChI=1S/C26H32N4O2S/c31-26(27-22-7-9-23(10-8-22)30-12-1-2-13-30)21-5-3-20(4-6-21)24-19-33-25(28-24)11-14-29-15-17-32-18-16-29/h3-9,19,23H,1-2,10-18H2,(H,27,31). The Kier molecular flexibility index (Phi) is 7.31. The van der Waals surface area contributed by atoms with Gasteiger partial charge in [0, 0.05) is 54.3 Å². The zero-order chi connectivity index (χ0) is 22.5. The average molecular weight is 465 g/mol. The number of hydrogen-bond acceptors (Lipinski definition) is 6. The van der Waals surface area contributed by atoms with E-state index >= 15 is 0 Å². The number of carbonyl (C=O) groups excluding carboxylic acids is 1. The van der Waals surface area contributed by atoms with E-state index in [-0.39, 0.29) is 5.91 Å². The Morgan fingerprint density at radius 3 is 2.64 bits per heavy atom. The Balaban J connectivity index is 1.13. The van der Waals surface area contributed by atoms with Crippen molar-refractivity contribution < 1.29 is 9.53 Å². The quantitative estimate of drug-likeness (QED) is 0.677. The Hall–Kier alpha value is -2.32. The third-order valence-electron chi connectivity index (χ3n) is 6.68. The van der Waals surface area contributed by atoms with Gasteiger partial charge in [-0.15, -0.1) is 11.3 Å². The number of aromatic nitrogens is 1. The molecule has 6 nitrogen and oxygen atoms in total. The van der Waals surface area contributed by atoms with Crippen LogP contribution in [0.15, 0.2) is 53.6 Å². The lowest BCUT2D eigenvalue weighted by molar-refractivity contribution is 0.0384. The summed E-state index contributed by atoms with van der Waals surface area (Å²) >= 11 is 1.71. The van der Waals surface area contributed by atoms with Crippen molar-refractivity contribution in [3.8, 4) is 11.3 Å². The molecular weight excluding hydrogens is 432 g/mol. The average Bonchev–Trinajstić information content (AvgIpc) is 3.57. The Morgan fingerprint density at radius 1 is 1.12 bits per heavy atom. The number of amides is 1. The summed E-state index contributed by atoms with van der Waals surface area (Å²) in [5.74, 6) is -0.0680. The van der Waals surface area contributed by atoms with Gasteiger partial charge in [0.1, 0.15) is 0 Å². The molecule has 2 fully saturated rings. The van der Waals surface area contributed by atoms with Gasteiger partial charge in [-0.25, -0.2) is 4.98 Å². The second-order valence-electron chi connectivity index (χ2n) is 8.93. The first-order valence-corrected chi connectivity index (χ1v) is 12.9. The van der Waals surface area contributed by atoms with Gasteiger partial charge in [0.05, 0.1) is 23.9 Å². The van der Waals surface area contributed by atoms with E-state index < -0.39 is 0 Å². The molecule has 2 aromatic rings. The number of likely N-dealkylation sites (tertiary alicyclic amines) is 1. The Labute approximate surface area is 200 Å².